The lowest BCUT2D eigenvalue weighted by molar-refractivity contribution is -0.124. The number of rotatable bonds is 1. The molecular formula is C22H15N3O3. The first-order valence-electron chi connectivity index (χ1n) is 8.83. The molecule has 4 aromatic rings. The van der Waals surface area contributed by atoms with E-state index in [4.69, 9.17) is 0 Å². The molecule has 1 aliphatic heterocycles. The molecule has 6 heteroatoms. The van der Waals surface area contributed by atoms with E-state index in [9.17, 15) is 14.7 Å². The summed E-state index contributed by atoms with van der Waals surface area (Å²) in [4.78, 5) is 31.1. The molecule has 1 aliphatic rings. The van der Waals surface area contributed by atoms with Crippen LogP contribution in [0.1, 0.15) is 6.42 Å². The molecule has 28 heavy (non-hydrogen) atoms. The monoisotopic (exact) mass is 369 g/mol. The standard InChI is InChI=1S/C22H15N3O3/c26-16-7-5-14-9-15(12-23-18(14)10-16)25-19-8-6-13-3-1-2-4-17(13)22(19)24-20(27)11-21(25)28/h1-10,12,26H,11H2,(H,24,27). The maximum atomic E-state index is 12.9. The number of amides is 2. The minimum atomic E-state index is -0.344. The van der Waals surface area contributed by atoms with Crippen LogP contribution in [0.5, 0.6) is 5.75 Å². The fraction of sp³-hybridized carbons (Fsp3) is 0.0455. The molecule has 1 aromatic heterocycles. The van der Waals surface area contributed by atoms with E-state index < -0.39 is 0 Å². The Morgan fingerprint density at radius 2 is 1.79 bits per heavy atom. The SMILES string of the molecule is O=C1CC(=O)N(c2cnc3cc(O)ccc3c2)c2ccc3ccccc3c2N1. The van der Waals surface area contributed by atoms with Crippen molar-refractivity contribution >= 4 is 50.6 Å². The largest absolute Gasteiger partial charge is 0.508 e. The molecule has 0 unspecified atom stereocenters. The normalized spacial score (nSPS) is 14.1. The predicted molar refractivity (Wildman–Crippen MR) is 108 cm³/mol. The average Bonchev–Trinajstić information content (AvgIpc) is 2.82. The number of benzene rings is 3. The molecule has 2 N–H and O–H groups in total. The van der Waals surface area contributed by atoms with E-state index in [1.165, 1.54) is 4.90 Å². The summed E-state index contributed by atoms with van der Waals surface area (Å²) in [6.07, 6.45) is 1.32. The van der Waals surface area contributed by atoms with Gasteiger partial charge in [-0.2, -0.15) is 0 Å². The van der Waals surface area contributed by atoms with Gasteiger partial charge in [0.15, 0.2) is 0 Å². The van der Waals surface area contributed by atoms with Gasteiger partial charge in [0, 0.05) is 16.8 Å². The summed E-state index contributed by atoms with van der Waals surface area (Å²) < 4.78 is 0. The van der Waals surface area contributed by atoms with Gasteiger partial charge in [0.25, 0.3) is 0 Å². The summed E-state index contributed by atoms with van der Waals surface area (Å²) in [5.74, 6) is -0.541. The lowest BCUT2D eigenvalue weighted by Crippen LogP contribution is -2.26. The number of anilines is 3. The molecule has 5 rings (SSSR count). The second-order valence-electron chi connectivity index (χ2n) is 6.71. The fourth-order valence-electron chi connectivity index (χ4n) is 3.62. The number of nitrogens with one attached hydrogen (secondary N) is 1. The highest BCUT2D eigenvalue weighted by atomic mass is 16.3. The molecule has 136 valence electrons. The molecule has 0 bridgehead atoms. The van der Waals surface area contributed by atoms with E-state index in [1.54, 1.807) is 24.4 Å². The minimum Gasteiger partial charge on any atom is -0.508 e. The summed E-state index contributed by atoms with van der Waals surface area (Å²) in [7, 11) is 0. The number of phenols is 1. The predicted octanol–water partition coefficient (Wildman–Crippen LogP) is 4.10. The highest BCUT2D eigenvalue weighted by molar-refractivity contribution is 6.21. The molecule has 2 amide bonds. The second-order valence-corrected chi connectivity index (χ2v) is 6.71. The van der Waals surface area contributed by atoms with Gasteiger partial charge in [-0.1, -0.05) is 30.3 Å². The van der Waals surface area contributed by atoms with Crippen molar-refractivity contribution in [3.05, 3.63) is 66.9 Å². The van der Waals surface area contributed by atoms with Crippen LogP contribution in [-0.2, 0) is 9.59 Å². The molecule has 0 spiro atoms. The van der Waals surface area contributed by atoms with Crippen LogP contribution in [0.4, 0.5) is 17.1 Å². The van der Waals surface area contributed by atoms with Crippen molar-refractivity contribution in [1.29, 1.82) is 0 Å². The Balaban J connectivity index is 1.75. The Morgan fingerprint density at radius 1 is 0.964 bits per heavy atom. The molecule has 0 atom stereocenters. The molecule has 0 saturated heterocycles. The molecule has 3 aromatic carbocycles. The molecule has 0 fully saturated rings. The van der Waals surface area contributed by atoms with Crippen LogP contribution >= 0.6 is 0 Å². The van der Waals surface area contributed by atoms with Crippen LogP contribution in [0.3, 0.4) is 0 Å². The maximum Gasteiger partial charge on any atom is 0.241 e. The first-order valence-corrected chi connectivity index (χ1v) is 8.83. The van der Waals surface area contributed by atoms with E-state index in [0.29, 0.717) is 22.6 Å². The van der Waals surface area contributed by atoms with Crippen molar-refractivity contribution < 1.29 is 14.7 Å². The number of carbonyl (C=O) groups is 2. The van der Waals surface area contributed by atoms with Gasteiger partial charge in [-0.25, -0.2) is 0 Å². The van der Waals surface area contributed by atoms with Crippen LogP contribution in [-0.4, -0.2) is 21.9 Å². The van der Waals surface area contributed by atoms with Crippen LogP contribution in [0.15, 0.2) is 66.9 Å². The Bertz CT molecular complexity index is 1280. The Labute approximate surface area is 160 Å². The van der Waals surface area contributed by atoms with Crippen molar-refractivity contribution in [2.75, 3.05) is 10.2 Å². The zero-order valence-corrected chi connectivity index (χ0v) is 14.7. The van der Waals surface area contributed by atoms with E-state index in [1.807, 2.05) is 42.5 Å². The van der Waals surface area contributed by atoms with Gasteiger partial charge in [-0.15, -0.1) is 0 Å². The number of nitrogens with zero attached hydrogens (tertiary/aromatic N) is 2. The third-order valence-corrected chi connectivity index (χ3v) is 4.89. The van der Waals surface area contributed by atoms with E-state index in [2.05, 4.69) is 10.3 Å². The summed E-state index contributed by atoms with van der Waals surface area (Å²) in [6.45, 7) is 0. The molecule has 0 aliphatic carbocycles. The highest BCUT2D eigenvalue weighted by Crippen LogP contribution is 2.40. The Hall–Kier alpha value is -3.93. The van der Waals surface area contributed by atoms with Crippen molar-refractivity contribution in [3.8, 4) is 5.75 Å². The number of phenolic OH excluding ortho intramolecular Hbond substituents is 1. The van der Waals surface area contributed by atoms with Gasteiger partial charge in [-0.05, 0) is 29.7 Å². The Kier molecular flexibility index (Phi) is 3.52. The van der Waals surface area contributed by atoms with Crippen LogP contribution in [0.2, 0.25) is 0 Å². The second kappa shape index (κ2) is 6.06. The minimum absolute atomic E-state index is 0.130. The first kappa shape index (κ1) is 16.3. The molecular weight excluding hydrogens is 354 g/mol. The number of fused-ring (bicyclic) bond motifs is 4. The summed E-state index contributed by atoms with van der Waals surface area (Å²) in [5.41, 5.74) is 2.41. The van der Waals surface area contributed by atoms with Gasteiger partial charge in [0.1, 0.15) is 12.2 Å². The number of aromatic hydroxyl groups is 1. The summed E-state index contributed by atoms with van der Waals surface area (Å²) >= 11 is 0. The van der Waals surface area contributed by atoms with Crippen LogP contribution < -0.4 is 10.2 Å². The Morgan fingerprint density at radius 3 is 2.68 bits per heavy atom. The average molecular weight is 369 g/mol. The van der Waals surface area contributed by atoms with Crippen molar-refractivity contribution in [2.45, 2.75) is 6.42 Å². The van der Waals surface area contributed by atoms with Gasteiger partial charge < -0.3 is 10.4 Å². The lowest BCUT2D eigenvalue weighted by Gasteiger charge is -2.23. The van der Waals surface area contributed by atoms with E-state index in [-0.39, 0.29) is 24.0 Å². The van der Waals surface area contributed by atoms with Crippen LogP contribution in [0, 0.1) is 0 Å². The van der Waals surface area contributed by atoms with Gasteiger partial charge in [0.2, 0.25) is 11.8 Å². The number of hydrogen-bond donors (Lipinski definition) is 2. The highest BCUT2D eigenvalue weighted by Gasteiger charge is 2.29. The number of aromatic nitrogens is 1. The maximum absolute atomic E-state index is 12.9. The van der Waals surface area contributed by atoms with Gasteiger partial charge in [0.05, 0.1) is 28.8 Å². The van der Waals surface area contributed by atoms with Crippen molar-refractivity contribution in [2.24, 2.45) is 0 Å². The van der Waals surface area contributed by atoms with E-state index >= 15 is 0 Å². The zero-order chi connectivity index (χ0) is 19.3. The quantitative estimate of drug-likeness (QED) is 0.495. The zero-order valence-electron chi connectivity index (χ0n) is 14.7. The number of pyridine rings is 1. The molecule has 0 radical (unpaired) electrons. The summed E-state index contributed by atoms with van der Waals surface area (Å²) in [6, 6.07) is 18.2. The smallest absolute Gasteiger partial charge is 0.241 e. The number of carbonyl (C=O) groups excluding carboxylic acids is 2. The summed E-state index contributed by atoms with van der Waals surface area (Å²) in [5, 5.41) is 15.2. The lowest BCUT2D eigenvalue weighted by atomic mass is 10.1. The van der Waals surface area contributed by atoms with Gasteiger partial charge in [-0.3, -0.25) is 19.5 Å². The topological polar surface area (TPSA) is 82.5 Å². The molecule has 2 heterocycles. The first-order chi connectivity index (χ1) is 13.6. The van der Waals surface area contributed by atoms with E-state index in [0.717, 1.165) is 16.2 Å². The molecule has 6 nitrogen and oxygen atoms in total. The number of hydrogen-bond acceptors (Lipinski definition) is 4. The van der Waals surface area contributed by atoms with Crippen molar-refractivity contribution in [3.63, 3.8) is 0 Å². The third kappa shape index (κ3) is 2.54. The van der Waals surface area contributed by atoms with Crippen molar-refractivity contribution in [1.82, 2.24) is 4.98 Å². The van der Waals surface area contributed by atoms with Gasteiger partial charge >= 0.3 is 0 Å². The van der Waals surface area contributed by atoms with Crippen LogP contribution in [0.25, 0.3) is 21.7 Å². The molecule has 0 saturated carbocycles. The third-order valence-electron chi connectivity index (χ3n) is 4.89. The fourth-order valence-corrected chi connectivity index (χ4v) is 3.62.